The zero-order chi connectivity index (χ0) is 17.5. The Labute approximate surface area is 140 Å². The summed E-state index contributed by atoms with van der Waals surface area (Å²) in [5, 5.41) is 19.6. The van der Waals surface area contributed by atoms with Gasteiger partial charge in [0.1, 0.15) is 12.4 Å². The van der Waals surface area contributed by atoms with Crippen molar-refractivity contribution in [3.8, 4) is 5.75 Å². The molecule has 1 fully saturated rings. The molecule has 8 heteroatoms. The summed E-state index contributed by atoms with van der Waals surface area (Å²) in [6.45, 7) is 3.08. The fourth-order valence-electron chi connectivity index (χ4n) is 2.91. The monoisotopic (exact) mass is 337 g/mol. The Hall–Kier alpha value is -2.19. The molecule has 1 aliphatic heterocycles. The number of piperidine rings is 1. The number of carbonyl (C=O) groups is 1. The molecule has 0 radical (unpaired) electrons. The molecule has 0 unspecified atom stereocenters. The van der Waals surface area contributed by atoms with Crippen LogP contribution in [-0.2, 0) is 4.79 Å². The van der Waals surface area contributed by atoms with Gasteiger partial charge >= 0.3 is 5.97 Å². The Bertz CT molecular complexity index is 573. The number of hydrogen-bond acceptors (Lipinski definition) is 6. The van der Waals surface area contributed by atoms with Crippen molar-refractivity contribution in [1.29, 1.82) is 0 Å². The lowest BCUT2D eigenvalue weighted by Crippen LogP contribution is -2.45. The van der Waals surface area contributed by atoms with Crippen LogP contribution >= 0.6 is 0 Å². The molecule has 2 rings (SSSR count). The van der Waals surface area contributed by atoms with Gasteiger partial charge in [-0.15, -0.1) is 0 Å². The van der Waals surface area contributed by atoms with E-state index >= 15 is 0 Å². The first-order chi connectivity index (χ1) is 11.5. The largest absolute Gasteiger partial charge is 0.492 e. The van der Waals surface area contributed by atoms with Crippen molar-refractivity contribution in [2.45, 2.75) is 18.9 Å². The third kappa shape index (κ3) is 5.47. The van der Waals surface area contributed by atoms with Crippen molar-refractivity contribution in [2.24, 2.45) is 0 Å². The van der Waals surface area contributed by atoms with Crippen LogP contribution in [-0.4, -0.2) is 71.7 Å². The molecule has 1 heterocycles. The van der Waals surface area contributed by atoms with E-state index in [-0.39, 0.29) is 12.2 Å². The van der Waals surface area contributed by atoms with Gasteiger partial charge in [-0.2, -0.15) is 0 Å². The van der Waals surface area contributed by atoms with E-state index in [1.165, 1.54) is 12.1 Å². The van der Waals surface area contributed by atoms with Gasteiger partial charge in [0, 0.05) is 18.7 Å². The van der Waals surface area contributed by atoms with Crippen molar-refractivity contribution in [2.75, 3.05) is 39.8 Å². The third-order valence-corrected chi connectivity index (χ3v) is 4.27. The molecule has 1 aliphatic rings. The maximum absolute atomic E-state index is 10.7. The normalized spacial score (nSPS) is 16.2. The Morgan fingerprint density at radius 2 is 2.17 bits per heavy atom. The zero-order valence-corrected chi connectivity index (χ0v) is 13.8. The van der Waals surface area contributed by atoms with Crippen molar-refractivity contribution in [1.82, 2.24) is 9.80 Å². The van der Waals surface area contributed by atoms with E-state index in [2.05, 4.69) is 4.90 Å². The van der Waals surface area contributed by atoms with E-state index in [4.69, 9.17) is 9.84 Å². The van der Waals surface area contributed by atoms with Gasteiger partial charge in [-0.3, -0.25) is 24.7 Å². The minimum Gasteiger partial charge on any atom is -0.492 e. The number of likely N-dealkylation sites (tertiary alicyclic amines) is 1. The van der Waals surface area contributed by atoms with E-state index < -0.39 is 10.9 Å². The lowest BCUT2D eigenvalue weighted by Gasteiger charge is -2.36. The molecule has 1 saturated heterocycles. The fraction of sp³-hybridized carbons (Fsp3) is 0.562. The molecule has 0 spiro atoms. The number of carboxylic acid groups (broad SMARTS) is 1. The quantitative estimate of drug-likeness (QED) is 0.566. The van der Waals surface area contributed by atoms with Gasteiger partial charge in [-0.25, -0.2) is 0 Å². The van der Waals surface area contributed by atoms with Crippen LogP contribution in [0.25, 0.3) is 0 Å². The molecule has 0 saturated carbocycles. The SMILES string of the molecule is CN(CC(=O)O)C1CCN(CCOc2cccc([N+](=O)[O-])c2)CC1. The van der Waals surface area contributed by atoms with Gasteiger partial charge in [-0.05, 0) is 39.0 Å². The van der Waals surface area contributed by atoms with Crippen LogP contribution in [0.4, 0.5) is 5.69 Å². The van der Waals surface area contributed by atoms with Crippen LogP contribution in [0.2, 0.25) is 0 Å². The number of nitro groups is 1. The number of rotatable bonds is 8. The second-order valence-corrected chi connectivity index (χ2v) is 5.98. The molecule has 0 aromatic heterocycles. The number of carboxylic acids is 1. The summed E-state index contributed by atoms with van der Waals surface area (Å²) in [6, 6.07) is 6.48. The van der Waals surface area contributed by atoms with Gasteiger partial charge in [0.05, 0.1) is 17.5 Å². The number of nitrogens with zero attached hydrogens (tertiary/aromatic N) is 3. The summed E-state index contributed by atoms with van der Waals surface area (Å²) in [5.41, 5.74) is 0.0229. The average molecular weight is 337 g/mol. The van der Waals surface area contributed by atoms with Crippen LogP contribution in [0.5, 0.6) is 5.75 Å². The molecule has 1 aromatic carbocycles. The van der Waals surface area contributed by atoms with Crippen LogP contribution in [0.3, 0.4) is 0 Å². The van der Waals surface area contributed by atoms with Gasteiger partial charge in [0.25, 0.3) is 5.69 Å². The molecule has 0 aliphatic carbocycles. The Morgan fingerprint density at radius 1 is 1.46 bits per heavy atom. The number of likely N-dealkylation sites (N-methyl/N-ethyl adjacent to an activating group) is 1. The summed E-state index contributed by atoms with van der Waals surface area (Å²) in [6.07, 6.45) is 1.86. The van der Waals surface area contributed by atoms with Crippen molar-refractivity contribution in [3.63, 3.8) is 0 Å². The number of aliphatic carboxylic acids is 1. The molecule has 24 heavy (non-hydrogen) atoms. The summed E-state index contributed by atoms with van der Waals surface area (Å²) >= 11 is 0. The molecule has 1 aromatic rings. The first-order valence-electron chi connectivity index (χ1n) is 7.97. The summed E-state index contributed by atoms with van der Waals surface area (Å²) in [7, 11) is 1.85. The number of benzene rings is 1. The highest BCUT2D eigenvalue weighted by Gasteiger charge is 2.23. The van der Waals surface area contributed by atoms with Crippen molar-refractivity contribution in [3.05, 3.63) is 34.4 Å². The first kappa shape index (κ1) is 18.2. The maximum Gasteiger partial charge on any atom is 0.317 e. The van der Waals surface area contributed by atoms with E-state index in [9.17, 15) is 14.9 Å². The number of nitro benzene ring substituents is 1. The molecule has 0 amide bonds. The zero-order valence-electron chi connectivity index (χ0n) is 13.8. The first-order valence-corrected chi connectivity index (χ1v) is 7.97. The molecule has 0 bridgehead atoms. The average Bonchev–Trinajstić information content (AvgIpc) is 2.55. The molecule has 8 nitrogen and oxygen atoms in total. The molecule has 0 atom stereocenters. The van der Waals surface area contributed by atoms with E-state index in [1.54, 1.807) is 12.1 Å². The number of non-ortho nitro benzene ring substituents is 1. The minimum atomic E-state index is -0.801. The Balaban J connectivity index is 1.70. The summed E-state index contributed by atoms with van der Waals surface area (Å²) < 4.78 is 5.59. The third-order valence-electron chi connectivity index (χ3n) is 4.27. The lowest BCUT2D eigenvalue weighted by molar-refractivity contribution is -0.384. The Morgan fingerprint density at radius 3 is 2.79 bits per heavy atom. The van der Waals surface area contributed by atoms with Crippen LogP contribution in [0.1, 0.15) is 12.8 Å². The Kier molecular flexibility index (Phi) is 6.51. The predicted molar refractivity (Wildman–Crippen MR) is 88.3 cm³/mol. The minimum absolute atomic E-state index is 0.0229. The molecule has 132 valence electrons. The van der Waals surface area contributed by atoms with Gasteiger partial charge in [0.2, 0.25) is 0 Å². The van der Waals surface area contributed by atoms with E-state index in [0.29, 0.717) is 18.4 Å². The van der Waals surface area contributed by atoms with Crippen molar-refractivity contribution >= 4 is 11.7 Å². The maximum atomic E-state index is 10.7. The molecule has 1 N–H and O–H groups in total. The highest BCUT2D eigenvalue weighted by Crippen LogP contribution is 2.19. The van der Waals surface area contributed by atoms with Crippen LogP contribution in [0, 0.1) is 10.1 Å². The van der Waals surface area contributed by atoms with Gasteiger partial charge in [-0.1, -0.05) is 6.07 Å². The topological polar surface area (TPSA) is 96.2 Å². The van der Waals surface area contributed by atoms with Gasteiger partial charge < -0.3 is 9.84 Å². The second kappa shape index (κ2) is 8.60. The highest BCUT2D eigenvalue weighted by molar-refractivity contribution is 5.69. The van der Waals surface area contributed by atoms with E-state index in [1.807, 2.05) is 11.9 Å². The predicted octanol–water partition coefficient (Wildman–Crippen LogP) is 1.45. The number of ether oxygens (including phenoxy) is 1. The van der Waals surface area contributed by atoms with Crippen LogP contribution < -0.4 is 4.74 Å². The number of hydrogen-bond donors (Lipinski definition) is 1. The fourth-order valence-corrected chi connectivity index (χ4v) is 2.91. The molecular formula is C16H23N3O5. The molecular weight excluding hydrogens is 314 g/mol. The van der Waals surface area contributed by atoms with Gasteiger partial charge in [0.15, 0.2) is 0 Å². The lowest BCUT2D eigenvalue weighted by atomic mass is 10.0. The summed E-state index contributed by atoms with van der Waals surface area (Å²) in [5.74, 6) is -0.300. The second-order valence-electron chi connectivity index (χ2n) is 5.98. The van der Waals surface area contributed by atoms with Crippen molar-refractivity contribution < 1.29 is 19.6 Å². The van der Waals surface area contributed by atoms with Crippen LogP contribution in [0.15, 0.2) is 24.3 Å². The smallest absolute Gasteiger partial charge is 0.317 e. The summed E-state index contributed by atoms with van der Waals surface area (Å²) in [4.78, 5) is 25.2. The highest BCUT2D eigenvalue weighted by atomic mass is 16.6. The van der Waals surface area contributed by atoms with E-state index in [0.717, 1.165) is 32.5 Å². The standard InChI is InChI=1S/C16H23N3O5/c1-17(12-16(20)21)13-5-7-18(8-6-13)9-10-24-15-4-2-3-14(11-15)19(22)23/h2-4,11,13H,5-10,12H2,1H3,(H,20,21).